The summed E-state index contributed by atoms with van der Waals surface area (Å²) in [6, 6.07) is 15.2. The molecular weight excluding hydrogens is 482 g/mol. The predicted molar refractivity (Wildman–Crippen MR) is 143 cm³/mol. The number of amides is 4. The number of methoxy groups -OCH3 is 1. The summed E-state index contributed by atoms with van der Waals surface area (Å²) in [5.41, 5.74) is 2.91. The molecule has 2 saturated heterocycles. The molecule has 9 heteroatoms. The minimum atomic E-state index is -1.00. The molecule has 2 fully saturated rings. The molecule has 3 aliphatic rings. The Morgan fingerprint density at radius 3 is 2.47 bits per heavy atom. The maximum absolute atomic E-state index is 14.0. The van der Waals surface area contributed by atoms with Crippen LogP contribution in [0.2, 0.25) is 0 Å². The first-order chi connectivity index (χ1) is 18.3. The Morgan fingerprint density at radius 2 is 1.79 bits per heavy atom. The van der Waals surface area contributed by atoms with Crippen LogP contribution in [0.25, 0.3) is 10.9 Å². The van der Waals surface area contributed by atoms with E-state index in [1.165, 1.54) is 4.90 Å². The summed E-state index contributed by atoms with van der Waals surface area (Å²) < 4.78 is 5.49. The number of fused-ring (bicyclic) bond motifs is 4. The second kappa shape index (κ2) is 9.16. The number of piperazine rings is 1. The lowest BCUT2D eigenvalue weighted by molar-refractivity contribution is -0.133. The fourth-order valence-electron chi connectivity index (χ4n) is 6.33. The number of hydrogen-bond acceptors (Lipinski definition) is 5. The fourth-order valence-corrected chi connectivity index (χ4v) is 6.33. The largest absolute Gasteiger partial charge is 0.497 e. The van der Waals surface area contributed by atoms with Crippen molar-refractivity contribution in [3.05, 3.63) is 65.4 Å². The van der Waals surface area contributed by atoms with Crippen molar-refractivity contribution in [2.75, 3.05) is 46.4 Å². The third-order valence-electron chi connectivity index (χ3n) is 8.45. The number of aromatic amines is 1. The van der Waals surface area contributed by atoms with Gasteiger partial charge in [-0.15, -0.1) is 0 Å². The Morgan fingerprint density at radius 1 is 1.05 bits per heavy atom. The predicted octanol–water partition coefficient (Wildman–Crippen LogP) is 3.01. The Labute approximate surface area is 221 Å². The molecule has 1 N–H and O–H groups in total. The van der Waals surface area contributed by atoms with Crippen molar-refractivity contribution in [1.82, 2.24) is 24.6 Å². The van der Waals surface area contributed by atoms with Crippen molar-refractivity contribution in [2.24, 2.45) is 0 Å². The number of imide groups is 1. The van der Waals surface area contributed by atoms with Gasteiger partial charge in [-0.05, 0) is 36.2 Å². The number of urea groups is 1. The molecule has 6 rings (SSSR count). The zero-order valence-corrected chi connectivity index (χ0v) is 22.1. The molecule has 38 heavy (non-hydrogen) atoms. The van der Waals surface area contributed by atoms with Crippen LogP contribution in [0.4, 0.5) is 4.79 Å². The van der Waals surface area contributed by atoms with Gasteiger partial charge in [0.15, 0.2) is 0 Å². The van der Waals surface area contributed by atoms with Crippen molar-refractivity contribution in [2.45, 2.75) is 31.8 Å². The molecule has 2 atom stereocenters. The van der Waals surface area contributed by atoms with E-state index in [0.717, 1.165) is 46.6 Å². The molecule has 0 aliphatic carbocycles. The number of carbonyl (C=O) groups excluding carboxylic acids is 3. The summed E-state index contributed by atoms with van der Waals surface area (Å²) in [4.78, 5) is 50.5. The summed E-state index contributed by atoms with van der Waals surface area (Å²) in [5, 5.41) is 1.02. The van der Waals surface area contributed by atoms with Crippen LogP contribution in [0, 0.1) is 0 Å². The van der Waals surface area contributed by atoms with Crippen LogP contribution in [0.3, 0.4) is 0 Å². The highest BCUT2D eigenvalue weighted by molar-refractivity contribution is 6.08. The van der Waals surface area contributed by atoms with E-state index in [4.69, 9.17) is 4.74 Å². The highest BCUT2D eigenvalue weighted by Crippen LogP contribution is 2.48. The molecule has 9 nitrogen and oxygen atoms in total. The zero-order valence-electron chi connectivity index (χ0n) is 22.1. The lowest BCUT2D eigenvalue weighted by atomic mass is 9.81. The van der Waals surface area contributed by atoms with Crippen LogP contribution < -0.4 is 4.74 Å². The number of ether oxygens (including phenoxy) is 1. The zero-order chi connectivity index (χ0) is 26.6. The highest BCUT2D eigenvalue weighted by atomic mass is 16.5. The van der Waals surface area contributed by atoms with Gasteiger partial charge < -0.3 is 14.6 Å². The third-order valence-corrected chi connectivity index (χ3v) is 8.45. The molecule has 1 aromatic heterocycles. The number of nitrogens with zero attached hydrogens (tertiary/aromatic N) is 4. The first kappa shape index (κ1) is 24.5. The molecule has 0 saturated carbocycles. The van der Waals surface area contributed by atoms with Gasteiger partial charge in [-0.1, -0.05) is 30.3 Å². The minimum Gasteiger partial charge on any atom is -0.497 e. The quantitative estimate of drug-likeness (QED) is 0.528. The summed E-state index contributed by atoms with van der Waals surface area (Å²) in [5.74, 6) is 0.678. The normalized spacial score (nSPS) is 23.7. The van der Waals surface area contributed by atoms with E-state index in [2.05, 4.69) is 9.88 Å². The molecule has 0 unspecified atom stereocenters. The first-order valence-corrected chi connectivity index (χ1v) is 13.2. The molecule has 2 aromatic carbocycles. The molecule has 3 aromatic rings. The summed E-state index contributed by atoms with van der Waals surface area (Å²) in [7, 11) is 1.65. The smallest absolute Gasteiger partial charge is 0.328 e. The summed E-state index contributed by atoms with van der Waals surface area (Å²) >= 11 is 0. The van der Waals surface area contributed by atoms with Gasteiger partial charge in [0.2, 0.25) is 5.91 Å². The van der Waals surface area contributed by atoms with Gasteiger partial charge in [0.05, 0.1) is 7.11 Å². The second-order valence-electron chi connectivity index (χ2n) is 10.6. The summed E-state index contributed by atoms with van der Waals surface area (Å²) in [6.45, 7) is 7.22. The molecule has 198 valence electrons. The van der Waals surface area contributed by atoms with Gasteiger partial charge in [-0.2, -0.15) is 0 Å². The van der Waals surface area contributed by atoms with Gasteiger partial charge in [0, 0.05) is 69.2 Å². The molecule has 0 spiro atoms. The maximum Gasteiger partial charge on any atom is 0.328 e. The number of rotatable bonds is 5. The molecule has 0 bridgehead atoms. The lowest BCUT2D eigenvalue weighted by Crippen LogP contribution is -2.53. The van der Waals surface area contributed by atoms with Gasteiger partial charge in [0.1, 0.15) is 17.3 Å². The number of nitrogens with one attached hydrogen (secondary N) is 1. The van der Waals surface area contributed by atoms with Crippen LogP contribution in [0.1, 0.15) is 36.7 Å². The number of benzene rings is 2. The second-order valence-corrected chi connectivity index (χ2v) is 10.6. The SMILES string of the molecule is COc1ccc2[nH]c3c(c2c1)C[C@@]1(C)C(=O)N(CCN2CCN(C(C)=O)CC2)C(=O)N1[C@@H]3c1ccccc1. The Hall–Kier alpha value is -3.85. The van der Waals surface area contributed by atoms with E-state index < -0.39 is 11.6 Å². The fraction of sp³-hybridized carbons (Fsp3) is 0.414. The number of H-pyrrole nitrogens is 1. The van der Waals surface area contributed by atoms with Gasteiger partial charge in [0.25, 0.3) is 5.91 Å². The Balaban J connectivity index is 1.34. The lowest BCUT2D eigenvalue weighted by Gasteiger charge is -2.42. The Kier molecular flexibility index (Phi) is 5.90. The van der Waals surface area contributed by atoms with E-state index >= 15 is 0 Å². The number of carbonyl (C=O) groups is 3. The van der Waals surface area contributed by atoms with Crippen LogP contribution in [0.15, 0.2) is 48.5 Å². The molecule has 0 radical (unpaired) electrons. The Bertz CT molecular complexity index is 1410. The van der Waals surface area contributed by atoms with Crippen molar-refractivity contribution in [3.63, 3.8) is 0 Å². The van der Waals surface area contributed by atoms with E-state index in [1.807, 2.05) is 60.4 Å². The van der Waals surface area contributed by atoms with Crippen LogP contribution in [-0.4, -0.2) is 94.3 Å². The molecular formula is C29H33N5O4. The average Bonchev–Trinajstić information content (AvgIpc) is 3.37. The van der Waals surface area contributed by atoms with Crippen LogP contribution in [-0.2, 0) is 16.0 Å². The van der Waals surface area contributed by atoms with E-state index in [-0.39, 0.29) is 17.8 Å². The molecule has 4 heterocycles. The van der Waals surface area contributed by atoms with Crippen molar-refractivity contribution < 1.29 is 19.1 Å². The number of hydrogen-bond donors (Lipinski definition) is 1. The third kappa shape index (κ3) is 3.75. The van der Waals surface area contributed by atoms with E-state index in [1.54, 1.807) is 18.9 Å². The van der Waals surface area contributed by atoms with Crippen LogP contribution >= 0.6 is 0 Å². The first-order valence-electron chi connectivity index (χ1n) is 13.2. The van der Waals surface area contributed by atoms with Crippen LogP contribution in [0.5, 0.6) is 5.75 Å². The highest BCUT2D eigenvalue weighted by Gasteiger charge is 2.60. The topological polar surface area (TPSA) is 89.2 Å². The van der Waals surface area contributed by atoms with E-state index in [0.29, 0.717) is 32.6 Å². The van der Waals surface area contributed by atoms with Crippen molar-refractivity contribution in [1.29, 1.82) is 0 Å². The average molecular weight is 516 g/mol. The number of aromatic nitrogens is 1. The summed E-state index contributed by atoms with van der Waals surface area (Å²) in [6.07, 6.45) is 0.428. The van der Waals surface area contributed by atoms with Gasteiger partial charge in [-0.3, -0.25) is 24.3 Å². The van der Waals surface area contributed by atoms with Gasteiger partial charge >= 0.3 is 6.03 Å². The maximum atomic E-state index is 14.0. The monoisotopic (exact) mass is 515 g/mol. The van der Waals surface area contributed by atoms with Crippen molar-refractivity contribution in [3.8, 4) is 5.75 Å². The standard InChI is InChI=1S/C29H33N5O4/c1-19(35)32-14-11-31(12-15-32)13-16-33-27(36)29(2)18-23-22-17-21(38-3)9-10-24(22)30-25(23)26(34(29)28(33)37)20-7-5-4-6-8-20/h4-10,17,26,30H,11-16,18H2,1-3H3/t26-,29+/m1/s1. The molecule has 3 aliphatic heterocycles. The minimum absolute atomic E-state index is 0.0830. The molecule has 4 amide bonds. The van der Waals surface area contributed by atoms with Gasteiger partial charge in [-0.25, -0.2) is 4.79 Å². The van der Waals surface area contributed by atoms with Crippen molar-refractivity contribution >= 4 is 28.7 Å². The van der Waals surface area contributed by atoms with E-state index in [9.17, 15) is 14.4 Å².